The average molecular weight is 525 g/mol. The number of aliphatic hydroxyl groups is 1. The van der Waals surface area contributed by atoms with Crippen LogP contribution in [0.1, 0.15) is 24.2 Å². The molecule has 10 heteroatoms. The number of hydrogen-bond donors (Lipinski definition) is 4. The van der Waals surface area contributed by atoms with Crippen molar-refractivity contribution in [2.45, 2.75) is 26.2 Å². The fourth-order valence-corrected chi connectivity index (χ4v) is 2.34. The summed E-state index contributed by atoms with van der Waals surface area (Å²) in [6.45, 7) is -0.174. The molecule has 0 spiro atoms. The second kappa shape index (κ2) is 12.4. The molecule has 2 rings (SSSR count). The van der Waals surface area contributed by atoms with Crippen molar-refractivity contribution < 1.29 is 28.1 Å². The van der Waals surface area contributed by atoms with Crippen LogP contribution >= 0.6 is 24.0 Å². The number of halogens is 4. The number of aliphatic hydroxyl groups excluding tert-OH is 1. The van der Waals surface area contributed by atoms with Crippen molar-refractivity contribution in [1.82, 2.24) is 10.6 Å². The summed E-state index contributed by atoms with van der Waals surface area (Å²) in [6.07, 6.45) is -0.907. The van der Waals surface area contributed by atoms with Crippen molar-refractivity contribution in [3.8, 4) is 11.5 Å². The van der Waals surface area contributed by atoms with Crippen LogP contribution in [0.3, 0.4) is 0 Å². The van der Waals surface area contributed by atoms with Gasteiger partial charge in [0, 0.05) is 13.1 Å². The largest absolute Gasteiger partial charge is 0.505 e. The topological polar surface area (TPSA) is 86.1 Å². The lowest BCUT2D eigenvalue weighted by Gasteiger charge is -2.16. The molecular weight excluding hydrogens is 502 g/mol. The first kappa shape index (κ1) is 24.8. The SMILES string of the molecule is CCNC(=NCc1ccc(O)c(F)c1)NCC(O)c1ccc(OC(F)F)cc1.I. The Hall–Kier alpha value is -2.21. The van der Waals surface area contributed by atoms with Crippen LogP contribution in [0.5, 0.6) is 11.5 Å². The molecule has 29 heavy (non-hydrogen) atoms. The third-order valence-corrected chi connectivity index (χ3v) is 3.73. The minimum Gasteiger partial charge on any atom is -0.505 e. The monoisotopic (exact) mass is 525 g/mol. The zero-order valence-electron chi connectivity index (χ0n) is 15.6. The van der Waals surface area contributed by atoms with Gasteiger partial charge in [0.2, 0.25) is 0 Å². The molecule has 0 radical (unpaired) electrons. The quantitative estimate of drug-likeness (QED) is 0.241. The molecule has 0 aromatic heterocycles. The lowest BCUT2D eigenvalue weighted by molar-refractivity contribution is -0.0498. The second-order valence-electron chi connectivity index (χ2n) is 5.83. The fraction of sp³-hybridized carbons (Fsp3) is 0.316. The summed E-state index contributed by atoms with van der Waals surface area (Å²) in [7, 11) is 0. The molecule has 0 fully saturated rings. The Bertz CT molecular complexity index is 792. The lowest BCUT2D eigenvalue weighted by atomic mass is 10.1. The first-order valence-corrected chi connectivity index (χ1v) is 8.61. The van der Waals surface area contributed by atoms with Crippen molar-refractivity contribution in [2.75, 3.05) is 13.1 Å². The molecule has 160 valence electrons. The van der Waals surface area contributed by atoms with Gasteiger partial charge in [-0.15, -0.1) is 24.0 Å². The minimum absolute atomic E-state index is 0. The summed E-state index contributed by atoms with van der Waals surface area (Å²) in [6, 6.07) is 9.70. The number of aromatic hydroxyl groups is 1. The number of hydrogen-bond acceptors (Lipinski definition) is 4. The van der Waals surface area contributed by atoms with E-state index in [1.54, 1.807) is 6.07 Å². The first-order valence-electron chi connectivity index (χ1n) is 8.61. The van der Waals surface area contributed by atoms with Gasteiger partial charge in [0.1, 0.15) is 5.75 Å². The number of ether oxygens (including phenoxy) is 1. The van der Waals surface area contributed by atoms with E-state index < -0.39 is 24.3 Å². The molecule has 1 atom stereocenters. The zero-order valence-corrected chi connectivity index (χ0v) is 17.9. The molecule has 0 bridgehead atoms. The smallest absolute Gasteiger partial charge is 0.387 e. The maximum atomic E-state index is 13.4. The van der Waals surface area contributed by atoms with Gasteiger partial charge in [-0.05, 0) is 42.3 Å². The van der Waals surface area contributed by atoms with Gasteiger partial charge in [-0.25, -0.2) is 9.38 Å². The van der Waals surface area contributed by atoms with Crippen molar-refractivity contribution in [3.05, 3.63) is 59.4 Å². The predicted octanol–water partition coefficient (Wildman–Crippen LogP) is 3.54. The van der Waals surface area contributed by atoms with E-state index in [1.165, 1.54) is 36.4 Å². The molecule has 0 saturated carbocycles. The van der Waals surface area contributed by atoms with E-state index in [0.717, 1.165) is 0 Å². The third-order valence-electron chi connectivity index (χ3n) is 3.73. The van der Waals surface area contributed by atoms with Crippen LogP contribution in [0.2, 0.25) is 0 Å². The van der Waals surface area contributed by atoms with Crippen molar-refractivity contribution in [2.24, 2.45) is 4.99 Å². The minimum atomic E-state index is -2.90. The predicted molar refractivity (Wildman–Crippen MR) is 114 cm³/mol. The van der Waals surface area contributed by atoms with Gasteiger partial charge in [0.05, 0.1) is 12.6 Å². The molecule has 2 aromatic rings. The number of nitrogens with zero attached hydrogens (tertiary/aromatic N) is 1. The molecule has 0 saturated heterocycles. The van der Waals surface area contributed by atoms with E-state index in [2.05, 4.69) is 20.4 Å². The number of phenolic OH excluding ortho intramolecular Hbond substituents is 1. The van der Waals surface area contributed by atoms with Crippen molar-refractivity contribution in [1.29, 1.82) is 0 Å². The molecule has 4 N–H and O–H groups in total. The molecule has 0 amide bonds. The molecular formula is C19H23F3IN3O3. The summed E-state index contributed by atoms with van der Waals surface area (Å²) >= 11 is 0. The van der Waals surface area contributed by atoms with Gasteiger partial charge >= 0.3 is 6.61 Å². The highest BCUT2D eigenvalue weighted by Gasteiger charge is 2.10. The summed E-state index contributed by atoms with van der Waals surface area (Å²) in [5, 5.41) is 25.4. The molecule has 1 unspecified atom stereocenters. The van der Waals surface area contributed by atoms with Crippen molar-refractivity contribution in [3.63, 3.8) is 0 Å². The van der Waals surface area contributed by atoms with Crippen LogP contribution in [0.4, 0.5) is 13.2 Å². The van der Waals surface area contributed by atoms with Gasteiger partial charge in [-0.1, -0.05) is 18.2 Å². The zero-order chi connectivity index (χ0) is 20.5. The maximum absolute atomic E-state index is 13.4. The van der Waals surface area contributed by atoms with Crippen LogP contribution in [0.15, 0.2) is 47.5 Å². The Kier molecular flexibility index (Phi) is 10.6. The van der Waals surface area contributed by atoms with Crippen LogP contribution in [-0.4, -0.2) is 35.9 Å². The standard InChI is InChI=1S/C19H22F3N3O3.HI/c1-2-23-19(24-10-12-3-8-16(26)15(20)9-12)25-11-17(27)13-4-6-14(7-5-13)28-18(21)22;/h3-9,17-18,26-27H,2,10-11H2,1H3,(H2,23,24,25);1H. The summed E-state index contributed by atoms with van der Waals surface area (Å²) < 4.78 is 42.0. The van der Waals surface area contributed by atoms with Crippen LogP contribution in [0.25, 0.3) is 0 Å². The Labute approximate surface area is 183 Å². The van der Waals surface area contributed by atoms with Gasteiger partial charge in [-0.2, -0.15) is 8.78 Å². The number of phenols is 1. The fourth-order valence-electron chi connectivity index (χ4n) is 2.34. The van der Waals surface area contributed by atoms with E-state index in [4.69, 9.17) is 0 Å². The van der Waals surface area contributed by atoms with Gasteiger partial charge in [-0.3, -0.25) is 0 Å². The Morgan fingerprint density at radius 1 is 1.14 bits per heavy atom. The molecule has 0 aliphatic carbocycles. The number of aliphatic imine (C=N–C) groups is 1. The molecule has 0 aliphatic heterocycles. The molecule has 2 aromatic carbocycles. The Morgan fingerprint density at radius 2 is 1.83 bits per heavy atom. The summed E-state index contributed by atoms with van der Waals surface area (Å²) in [5.74, 6) is -0.728. The normalized spacial score (nSPS) is 12.3. The highest BCUT2D eigenvalue weighted by Crippen LogP contribution is 2.19. The third kappa shape index (κ3) is 8.36. The van der Waals surface area contributed by atoms with Gasteiger partial charge in [0.15, 0.2) is 17.5 Å². The van der Waals surface area contributed by atoms with E-state index in [-0.39, 0.29) is 42.8 Å². The molecule has 0 heterocycles. The Morgan fingerprint density at radius 3 is 2.41 bits per heavy atom. The van der Waals surface area contributed by atoms with E-state index in [0.29, 0.717) is 23.6 Å². The number of guanidine groups is 1. The summed E-state index contributed by atoms with van der Waals surface area (Å²) in [4.78, 5) is 4.30. The van der Waals surface area contributed by atoms with Crippen LogP contribution in [-0.2, 0) is 6.54 Å². The van der Waals surface area contributed by atoms with Crippen molar-refractivity contribution >= 4 is 29.9 Å². The number of alkyl halides is 2. The molecule has 0 aliphatic rings. The summed E-state index contributed by atoms with van der Waals surface area (Å²) in [5.41, 5.74) is 1.09. The Balaban J connectivity index is 0.00000420. The van der Waals surface area contributed by atoms with E-state index in [1.807, 2.05) is 6.92 Å². The van der Waals surface area contributed by atoms with Crippen LogP contribution in [0, 0.1) is 5.82 Å². The maximum Gasteiger partial charge on any atom is 0.387 e. The lowest BCUT2D eigenvalue weighted by Crippen LogP contribution is -2.39. The van der Waals surface area contributed by atoms with E-state index >= 15 is 0 Å². The number of benzene rings is 2. The van der Waals surface area contributed by atoms with Crippen LogP contribution < -0.4 is 15.4 Å². The highest BCUT2D eigenvalue weighted by atomic mass is 127. The number of nitrogens with one attached hydrogen (secondary N) is 2. The van der Waals surface area contributed by atoms with Gasteiger partial charge < -0.3 is 25.6 Å². The highest BCUT2D eigenvalue weighted by molar-refractivity contribution is 14.0. The first-order chi connectivity index (χ1) is 13.4. The van der Waals surface area contributed by atoms with E-state index in [9.17, 15) is 23.4 Å². The second-order valence-corrected chi connectivity index (χ2v) is 5.83. The average Bonchev–Trinajstić information content (AvgIpc) is 2.66. The van der Waals surface area contributed by atoms with Gasteiger partial charge in [0.25, 0.3) is 0 Å². The molecule has 6 nitrogen and oxygen atoms in total. The number of rotatable bonds is 8.